The van der Waals surface area contributed by atoms with Crippen molar-refractivity contribution in [2.24, 2.45) is 5.92 Å². The number of hydrogen-bond donors (Lipinski definition) is 0. The Morgan fingerprint density at radius 1 is 1.33 bits per heavy atom. The Hall–Kier alpha value is -0.340. The van der Waals surface area contributed by atoms with E-state index in [4.69, 9.17) is 9.47 Å². The standard InChI is InChI=1S/C10H16O2/c1-9-4-6-10(12-8-9)5-2-3-7-11-10/h4,6,9H,2-3,5,7-8H2,1H3/t9-,10-/m1/s1. The van der Waals surface area contributed by atoms with Crippen LogP contribution in [0.15, 0.2) is 12.2 Å². The van der Waals surface area contributed by atoms with Crippen molar-refractivity contribution >= 4 is 0 Å². The van der Waals surface area contributed by atoms with Crippen LogP contribution in [0.25, 0.3) is 0 Å². The summed E-state index contributed by atoms with van der Waals surface area (Å²) in [4.78, 5) is 0. The highest BCUT2D eigenvalue weighted by Crippen LogP contribution is 2.31. The van der Waals surface area contributed by atoms with Crippen molar-refractivity contribution in [2.75, 3.05) is 13.2 Å². The van der Waals surface area contributed by atoms with Crippen molar-refractivity contribution in [3.8, 4) is 0 Å². The van der Waals surface area contributed by atoms with E-state index in [1.54, 1.807) is 0 Å². The van der Waals surface area contributed by atoms with Gasteiger partial charge in [-0.25, -0.2) is 0 Å². The van der Waals surface area contributed by atoms with Crippen LogP contribution < -0.4 is 0 Å². The zero-order valence-electron chi connectivity index (χ0n) is 7.58. The van der Waals surface area contributed by atoms with Crippen molar-refractivity contribution in [2.45, 2.75) is 32.0 Å². The van der Waals surface area contributed by atoms with Gasteiger partial charge in [-0.2, -0.15) is 0 Å². The minimum atomic E-state index is -0.342. The van der Waals surface area contributed by atoms with E-state index in [0.717, 1.165) is 19.6 Å². The maximum absolute atomic E-state index is 5.71. The molecule has 0 aliphatic carbocycles. The molecule has 1 fully saturated rings. The monoisotopic (exact) mass is 168 g/mol. The Kier molecular flexibility index (Phi) is 2.20. The fourth-order valence-electron chi connectivity index (χ4n) is 1.72. The highest BCUT2D eigenvalue weighted by molar-refractivity contribution is 5.03. The Morgan fingerprint density at radius 3 is 2.83 bits per heavy atom. The molecule has 0 aromatic rings. The third kappa shape index (κ3) is 1.54. The predicted molar refractivity (Wildman–Crippen MR) is 46.8 cm³/mol. The van der Waals surface area contributed by atoms with Crippen molar-refractivity contribution < 1.29 is 9.47 Å². The van der Waals surface area contributed by atoms with Crippen LogP contribution in [0.2, 0.25) is 0 Å². The summed E-state index contributed by atoms with van der Waals surface area (Å²) in [6.07, 6.45) is 7.72. The van der Waals surface area contributed by atoms with Gasteiger partial charge in [0.25, 0.3) is 0 Å². The van der Waals surface area contributed by atoms with Gasteiger partial charge in [-0.1, -0.05) is 13.0 Å². The molecular weight excluding hydrogens is 152 g/mol. The van der Waals surface area contributed by atoms with E-state index in [1.165, 1.54) is 12.8 Å². The molecule has 12 heavy (non-hydrogen) atoms. The first-order chi connectivity index (χ1) is 5.81. The zero-order chi connectivity index (χ0) is 8.44. The molecule has 68 valence electrons. The van der Waals surface area contributed by atoms with E-state index in [-0.39, 0.29) is 5.79 Å². The van der Waals surface area contributed by atoms with Gasteiger partial charge in [-0.05, 0) is 24.8 Å². The molecule has 2 aliphatic rings. The molecule has 0 aromatic heterocycles. The Morgan fingerprint density at radius 2 is 2.25 bits per heavy atom. The van der Waals surface area contributed by atoms with E-state index < -0.39 is 0 Å². The molecule has 0 radical (unpaired) electrons. The number of rotatable bonds is 0. The molecule has 0 N–H and O–H groups in total. The van der Waals surface area contributed by atoms with Gasteiger partial charge in [0, 0.05) is 6.42 Å². The average Bonchev–Trinajstić information content (AvgIpc) is 2.13. The molecule has 2 nitrogen and oxygen atoms in total. The molecule has 0 aromatic carbocycles. The lowest BCUT2D eigenvalue weighted by atomic mass is 10.00. The maximum Gasteiger partial charge on any atom is 0.187 e. The zero-order valence-corrected chi connectivity index (χ0v) is 7.58. The molecule has 1 saturated heterocycles. The van der Waals surface area contributed by atoms with Crippen LogP contribution >= 0.6 is 0 Å². The fourth-order valence-corrected chi connectivity index (χ4v) is 1.72. The molecule has 2 heteroatoms. The van der Waals surface area contributed by atoms with Gasteiger partial charge in [0.1, 0.15) is 0 Å². The normalized spacial score (nSPS) is 41.9. The van der Waals surface area contributed by atoms with Crippen LogP contribution in [0.4, 0.5) is 0 Å². The van der Waals surface area contributed by atoms with E-state index in [9.17, 15) is 0 Å². The summed E-state index contributed by atoms with van der Waals surface area (Å²) < 4.78 is 11.4. The molecule has 0 saturated carbocycles. The van der Waals surface area contributed by atoms with Gasteiger partial charge in [-0.15, -0.1) is 0 Å². The van der Waals surface area contributed by atoms with Gasteiger partial charge >= 0.3 is 0 Å². The molecule has 2 heterocycles. The third-order valence-electron chi connectivity index (χ3n) is 2.54. The van der Waals surface area contributed by atoms with Crippen LogP contribution in [-0.4, -0.2) is 19.0 Å². The van der Waals surface area contributed by atoms with Crippen LogP contribution in [0, 0.1) is 5.92 Å². The molecule has 2 aliphatic heterocycles. The maximum atomic E-state index is 5.71. The van der Waals surface area contributed by atoms with Gasteiger partial charge in [0.05, 0.1) is 13.2 Å². The third-order valence-corrected chi connectivity index (χ3v) is 2.54. The quantitative estimate of drug-likeness (QED) is 0.516. The highest BCUT2D eigenvalue weighted by Gasteiger charge is 2.33. The van der Waals surface area contributed by atoms with Crippen molar-refractivity contribution in [3.05, 3.63) is 12.2 Å². The van der Waals surface area contributed by atoms with Crippen LogP contribution in [0.1, 0.15) is 26.2 Å². The number of ether oxygens (including phenoxy) is 2. The summed E-state index contributed by atoms with van der Waals surface area (Å²) in [7, 11) is 0. The lowest BCUT2D eigenvalue weighted by molar-refractivity contribution is -0.231. The van der Waals surface area contributed by atoms with Crippen molar-refractivity contribution in [1.29, 1.82) is 0 Å². The minimum Gasteiger partial charge on any atom is -0.346 e. The molecular formula is C10H16O2. The second kappa shape index (κ2) is 3.19. The second-order valence-corrected chi connectivity index (χ2v) is 3.76. The Labute approximate surface area is 73.5 Å². The Balaban J connectivity index is 2.05. The summed E-state index contributed by atoms with van der Waals surface area (Å²) in [5.41, 5.74) is 0. The fraction of sp³-hybridized carbons (Fsp3) is 0.800. The first kappa shape index (κ1) is 8.27. The molecule has 2 rings (SSSR count). The van der Waals surface area contributed by atoms with Crippen LogP contribution in [0.3, 0.4) is 0 Å². The van der Waals surface area contributed by atoms with E-state index >= 15 is 0 Å². The molecule has 2 atom stereocenters. The summed E-state index contributed by atoms with van der Waals surface area (Å²) >= 11 is 0. The summed E-state index contributed by atoms with van der Waals surface area (Å²) in [6.45, 7) is 3.81. The predicted octanol–water partition coefficient (Wildman–Crippen LogP) is 2.11. The van der Waals surface area contributed by atoms with Gasteiger partial charge in [0.15, 0.2) is 5.79 Å². The van der Waals surface area contributed by atoms with Crippen LogP contribution in [-0.2, 0) is 9.47 Å². The summed E-state index contributed by atoms with van der Waals surface area (Å²) in [5, 5.41) is 0. The summed E-state index contributed by atoms with van der Waals surface area (Å²) in [6, 6.07) is 0. The smallest absolute Gasteiger partial charge is 0.187 e. The average molecular weight is 168 g/mol. The molecule has 0 unspecified atom stereocenters. The summed E-state index contributed by atoms with van der Waals surface area (Å²) in [5.74, 6) is 0.200. The topological polar surface area (TPSA) is 18.5 Å². The van der Waals surface area contributed by atoms with E-state index in [2.05, 4.69) is 19.1 Å². The minimum absolute atomic E-state index is 0.342. The Bertz CT molecular complexity index is 180. The van der Waals surface area contributed by atoms with Crippen LogP contribution in [0.5, 0.6) is 0 Å². The second-order valence-electron chi connectivity index (χ2n) is 3.76. The van der Waals surface area contributed by atoms with E-state index in [1.807, 2.05) is 0 Å². The highest BCUT2D eigenvalue weighted by atomic mass is 16.7. The first-order valence-electron chi connectivity index (χ1n) is 4.78. The largest absolute Gasteiger partial charge is 0.346 e. The van der Waals surface area contributed by atoms with Crippen molar-refractivity contribution in [1.82, 2.24) is 0 Å². The lowest BCUT2D eigenvalue weighted by Gasteiger charge is -2.37. The van der Waals surface area contributed by atoms with Crippen molar-refractivity contribution in [3.63, 3.8) is 0 Å². The first-order valence-corrected chi connectivity index (χ1v) is 4.78. The van der Waals surface area contributed by atoms with Gasteiger partial charge in [-0.3, -0.25) is 0 Å². The molecule has 1 spiro atoms. The van der Waals surface area contributed by atoms with E-state index in [0.29, 0.717) is 5.92 Å². The molecule has 0 bridgehead atoms. The van der Waals surface area contributed by atoms with Gasteiger partial charge < -0.3 is 9.47 Å². The van der Waals surface area contributed by atoms with Gasteiger partial charge in [0.2, 0.25) is 0 Å². The SMILES string of the molecule is C[C@@H]1C=C[C@@]2(CCCCO2)OC1. The lowest BCUT2D eigenvalue weighted by Crippen LogP contribution is -2.40. The molecule has 0 amide bonds. The number of hydrogen-bond acceptors (Lipinski definition) is 2.